The number of benzene rings is 2. The van der Waals surface area contributed by atoms with Crippen molar-refractivity contribution in [2.75, 3.05) is 13.7 Å². The molecule has 5 heteroatoms. The SMILES string of the molecule is COC(=O)C(C)(CNCc1cccc(C(=O)O)c1)c1ccccc1. The van der Waals surface area contributed by atoms with E-state index in [2.05, 4.69) is 5.32 Å². The van der Waals surface area contributed by atoms with E-state index in [4.69, 9.17) is 9.84 Å². The molecule has 0 amide bonds. The summed E-state index contributed by atoms with van der Waals surface area (Å²) in [7, 11) is 1.37. The molecule has 0 bridgehead atoms. The maximum atomic E-state index is 12.3. The van der Waals surface area contributed by atoms with Gasteiger partial charge in [0.05, 0.1) is 12.7 Å². The molecular formula is C19H21NO4. The molecule has 0 fully saturated rings. The molecule has 2 aromatic rings. The molecule has 126 valence electrons. The Bertz CT molecular complexity index is 714. The van der Waals surface area contributed by atoms with Crippen LogP contribution in [0.3, 0.4) is 0 Å². The summed E-state index contributed by atoms with van der Waals surface area (Å²) in [6.07, 6.45) is 0. The summed E-state index contributed by atoms with van der Waals surface area (Å²) in [5, 5.41) is 12.3. The van der Waals surface area contributed by atoms with E-state index in [9.17, 15) is 9.59 Å². The number of ether oxygens (including phenoxy) is 1. The van der Waals surface area contributed by atoms with Crippen LogP contribution in [0.2, 0.25) is 0 Å². The number of hydrogen-bond acceptors (Lipinski definition) is 4. The highest BCUT2D eigenvalue weighted by atomic mass is 16.5. The van der Waals surface area contributed by atoms with Crippen molar-refractivity contribution >= 4 is 11.9 Å². The van der Waals surface area contributed by atoms with Crippen molar-refractivity contribution in [2.24, 2.45) is 0 Å². The zero-order valence-corrected chi connectivity index (χ0v) is 13.8. The summed E-state index contributed by atoms with van der Waals surface area (Å²) in [6, 6.07) is 16.2. The van der Waals surface area contributed by atoms with Crippen molar-refractivity contribution in [3.05, 3.63) is 71.3 Å². The van der Waals surface area contributed by atoms with Crippen LogP contribution in [-0.2, 0) is 21.5 Å². The van der Waals surface area contributed by atoms with Gasteiger partial charge in [-0.1, -0.05) is 42.5 Å². The number of aromatic carboxylic acids is 1. The number of carboxylic acids is 1. The summed E-state index contributed by atoms with van der Waals surface area (Å²) in [5.41, 5.74) is 1.13. The summed E-state index contributed by atoms with van der Waals surface area (Å²) in [4.78, 5) is 23.3. The monoisotopic (exact) mass is 327 g/mol. The highest BCUT2D eigenvalue weighted by Crippen LogP contribution is 2.24. The minimum Gasteiger partial charge on any atom is -0.478 e. The van der Waals surface area contributed by atoms with E-state index in [1.807, 2.05) is 43.3 Å². The Hall–Kier alpha value is -2.66. The number of carbonyl (C=O) groups excluding carboxylic acids is 1. The van der Waals surface area contributed by atoms with Crippen LogP contribution >= 0.6 is 0 Å². The zero-order valence-electron chi connectivity index (χ0n) is 13.8. The molecule has 1 unspecified atom stereocenters. The Labute approximate surface area is 141 Å². The highest BCUT2D eigenvalue weighted by molar-refractivity contribution is 5.87. The lowest BCUT2D eigenvalue weighted by atomic mass is 9.82. The van der Waals surface area contributed by atoms with Gasteiger partial charge in [0, 0.05) is 13.1 Å². The van der Waals surface area contributed by atoms with E-state index in [1.54, 1.807) is 18.2 Å². The molecule has 0 heterocycles. The van der Waals surface area contributed by atoms with E-state index in [0.717, 1.165) is 11.1 Å². The average molecular weight is 327 g/mol. The third kappa shape index (κ3) is 4.00. The van der Waals surface area contributed by atoms with Gasteiger partial charge in [0.2, 0.25) is 0 Å². The van der Waals surface area contributed by atoms with Crippen molar-refractivity contribution in [1.29, 1.82) is 0 Å². The van der Waals surface area contributed by atoms with E-state index < -0.39 is 11.4 Å². The van der Waals surface area contributed by atoms with Crippen molar-refractivity contribution in [3.8, 4) is 0 Å². The molecule has 2 N–H and O–H groups in total. The van der Waals surface area contributed by atoms with Crippen LogP contribution in [0, 0.1) is 0 Å². The van der Waals surface area contributed by atoms with Gasteiger partial charge in [-0.25, -0.2) is 4.79 Å². The Morgan fingerprint density at radius 3 is 2.46 bits per heavy atom. The molecule has 0 spiro atoms. The van der Waals surface area contributed by atoms with Gasteiger partial charge in [0.1, 0.15) is 5.41 Å². The Balaban J connectivity index is 2.10. The maximum absolute atomic E-state index is 12.3. The van der Waals surface area contributed by atoms with Crippen molar-refractivity contribution in [3.63, 3.8) is 0 Å². The average Bonchev–Trinajstić information content (AvgIpc) is 2.61. The van der Waals surface area contributed by atoms with E-state index in [1.165, 1.54) is 7.11 Å². The molecule has 0 saturated carbocycles. The van der Waals surface area contributed by atoms with Gasteiger partial charge < -0.3 is 15.2 Å². The molecule has 1 atom stereocenters. The number of rotatable bonds is 7. The number of nitrogens with one attached hydrogen (secondary N) is 1. The largest absolute Gasteiger partial charge is 0.478 e. The second-order valence-electron chi connectivity index (χ2n) is 5.80. The van der Waals surface area contributed by atoms with Gasteiger partial charge in [-0.3, -0.25) is 4.79 Å². The fourth-order valence-corrected chi connectivity index (χ4v) is 2.59. The van der Waals surface area contributed by atoms with Crippen LogP contribution in [0.4, 0.5) is 0 Å². The molecule has 0 saturated heterocycles. The topological polar surface area (TPSA) is 75.6 Å². The number of methoxy groups -OCH3 is 1. The van der Waals surface area contributed by atoms with Gasteiger partial charge >= 0.3 is 11.9 Å². The van der Waals surface area contributed by atoms with Crippen molar-refractivity contribution in [2.45, 2.75) is 18.9 Å². The Morgan fingerprint density at radius 1 is 1.12 bits per heavy atom. The Morgan fingerprint density at radius 2 is 1.83 bits per heavy atom. The lowest BCUT2D eigenvalue weighted by Gasteiger charge is -2.27. The van der Waals surface area contributed by atoms with Gasteiger partial charge in [-0.2, -0.15) is 0 Å². The third-order valence-corrected chi connectivity index (χ3v) is 4.03. The van der Waals surface area contributed by atoms with Crippen LogP contribution in [0.25, 0.3) is 0 Å². The standard InChI is InChI=1S/C19H21NO4/c1-19(18(23)24-2,16-9-4-3-5-10-16)13-20-12-14-7-6-8-15(11-14)17(21)22/h3-11,20H,12-13H2,1-2H3,(H,21,22). The minimum atomic E-state index is -0.958. The molecule has 0 aliphatic carbocycles. The highest BCUT2D eigenvalue weighted by Gasteiger charge is 2.35. The quantitative estimate of drug-likeness (QED) is 0.765. The van der Waals surface area contributed by atoms with Crippen LogP contribution in [-0.4, -0.2) is 30.7 Å². The van der Waals surface area contributed by atoms with Crippen molar-refractivity contribution < 1.29 is 19.4 Å². The molecule has 5 nitrogen and oxygen atoms in total. The third-order valence-electron chi connectivity index (χ3n) is 4.03. The molecule has 0 aliphatic rings. The first kappa shape index (κ1) is 17.7. The fraction of sp³-hybridized carbons (Fsp3) is 0.263. The molecule has 2 aromatic carbocycles. The van der Waals surface area contributed by atoms with Crippen LogP contribution < -0.4 is 5.32 Å². The van der Waals surface area contributed by atoms with E-state index in [0.29, 0.717) is 13.1 Å². The number of carboxylic acid groups (broad SMARTS) is 1. The van der Waals surface area contributed by atoms with E-state index >= 15 is 0 Å². The van der Waals surface area contributed by atoms with Crippen LogP contribution in [0.15, 0.2) is 54.6 Å². The molecule has 0 aromatic heterocycles. The summed E-state index contributed by atoms with van der Waals surface area (Å²) < 4.78 is 4.97. The number of carbonyl (C=O) groups is 2. The van der Waals surface area contributed by atoms with Crippen molar-refractivity contribution in [1.82, 2.24) is 5.32 Å². The first-order valence-corrected chi connectivity index (χ1v) is 7.64. The number of hydrogen-bond donors (Lipinski definition) is 2. The lowest BCUT2D eigenvalue weighted by molar-refractivity contribution is -0.146. The fourth-order valence-electron chi connectivity index (χ4n) is 2.59. The molecule has 0 radical (unpaired) electrons. The molecular weight excluding hydrogens is 306 g/mol. The normalized spacial score (nSPS) is 13.1. The minimum absolute atomic E-state index is 0.244. The number of esters is 1. The predicted octanol–water partition coefficient (Wildman–Crippen LogP) is 2.61. The summed E-state index contributed by atoms with van der Waals surface area (Å²) in [5.74, 6) is -1.28. The van der Waals surface area contributed by atoms with Crippen LogP contribution in [0.1, 0.15) is 28.4 Å². The predicted molar refractivity (Wildman–Crippen MR) is 90.9 cm³/mol. The Kier molecular flexibility index (Phi) is 5.71. The smallest absolute Gasteiger partial charge is 0.335 e. The van der Waals surface area contributed by atoms with Gasteiger partial charge in [0.15, 0.2) is 0 Å². The summed E-state index contributed by atoms with van der Waals surface area (Å²) in [6.45, 7) is 2.66. The molecule has 2 rings (SSSR count). The first-order chi connectivity index (χ1) is 11.5. The van der Waals surface area contributed by atoms with Gasteiger partial charge in [-0.05, 0) is 30.2 Å². The molecule has 0 aliphatic heterocycles. The van der Waals surface area contributed by atoms with Crippen LogP contribution in [0.5, 0.6) is 0 Å². The zero-order chi connectivity index (χ0) is 17.6. The second-order valence-corrected chi connectivity index (χ2v) is 5.80. The maximum Gasteiger partial charge on any atom is 0.335 e. The molecule has 24 heavy (non-hydrogen) atoms. The van der Waals surface area contributed by atoms with E-state index in [-0.39, 0.29) is 11.5 Å². The van der Waals surface area contributed by atoms with Gasteiger partial charge in [-0.15, -0.1) is 0 Å². The first-order valence-electron chi connectivity index (χ1n) is 7.64. The summed E-state index contributed by atoms with van der Waals surface area (Å²) >= 11 is 0. The van der Waals surface area contributed by atoms with Gasteiger partial charge in [0.25, 0.3) is 0 Å². The second kappa shape index (κ2) is 7.75. The lowest BCUT2D eigenvalue weighted by Crippen LogP contribution is -2.43.